The molecule has 2 heterocycles. The first-order chi connectivity index (χ1) is 11.5. The molecule has 0 spiro atoms. The maximum absolute atomic E-state index is 10.2. The minimum atomic E-state index is 0.101. The standard InChI is InChI=1S/C17H19N3O4/c1-9-16-19-10(2)17(21)20(16)8-12(18-9)11-6-13(22-3)15(24-5)14(7-11)23-4/h6-8,21H,1-5H3. The zero-order chi connectivity index (χ0) is 17.4. The minimum Gasteiger partial charge on any atom is -0.493 e. The van der Waals surface area contributed by atoms with Gasteiger partial charge >= 0.3 is 0 Å². The van der Waals surface area contributed by atoms with Crippen LogP contribution < -0.4 is 14.2 Å². The molecule has 24 heavy (non-hydrogen) atoms. The SMILES string of the molecule is COc1cc(-c2cn3c(O)c(C)nc3c(C)n2)cc(OC)c1OC. The maximum atomic E-state index is 10.2. The van der Waals surface area contributed by atoms with Gasteiger partial charge in [-0.05, 0) is 26.0 Å². The van der Waals surface area contributed by atoms with E-state index in [0.29, 0.717) is 40.0 Å². The molecule has 0 saturated carbocycles. The zero-order valence-electron chi connectivity index (χ0n) is 14.2. The third-order valence-corrected chi connectivity index (χ3v) is 3.88. The summed E-state index contributed by atoms with van der Waals surface area (Å²) in [5.41, 5.74) is 3.33. The molecule has 0 radical (unpaired) electrons. The molecule has 0 unspecified atom stereocenters. The number of aryl methyl sites for hydroxylation is 2. The second-order valence-electron chi connectivity index (χ2n) is 5.34. The molecule has 7 heteroatoms. The van der Waals surface area contributed by atoms with Crippen LogP contribution in [0.4, 0.5) is 0 Å². The van der Waals surface area contributed by atoms with Crippen molar-refractivity contribution in [3.63, 3.8) is 0 Å². The van der Waals surface area contributed by atoms with Crippen molar-refractivity contribution in [1.29, 1.82) is 0 Å². The van der Waals surface area contributed by atoms with Crippen LogP contribution in [0, 0.1) is 13.8 Å². The lowest BCUT2D eigenvalue weighted by Crippen LogP contribution is -1.98. The van der Waals surface area contributed by atoms with Crippen molar-refractivity contribution < 1.29 is 19.3 Å². The number of ether oxygens (including phenoxy) is 3. The molecule has 7 nitrogen and oxygen atoms in total. The molecule has 0 aliphatic heterocycles. The van der Waals surface area contributed by atoms with Gasteiger partial charge in [-0.25, -0.2) is 9.97 Å². The van der Waals surface area contributed by atoms with E-state index in [4.69, 9.17) is 14.2 Å². The summed E-state index contributed by atoms with van der Waals surface area (Å²) in [6.45, 7) is 3.60. The van der Waals surface area contributed by atoms with Crippen LogP contribution in [0.2, 0.25) is 0 Å². The Bertz CT molecular complexity index is 893. The summed E-state index contributed by atoms with van der Waals surface area (Å²) in [6, 6.07) is 3.63. The molecule has 0 aliphatic rings. The van der Waals surface area contributed by atoms with Crippen molar-refractivity contribution in [2.45, 2.75) is 13.8 Å². The average molecular weight is 329 g/mol. The molecule has 1 N–H and O–H groups in total. The molecule has 1 aromatic carbocycles. The summed E-state index contributed by atoms with van der Waals surface area (Å²) in [4.78, 5) is 8.91. The van der Waals surface area contributed by atoms with Gasteiger partial charge in [-0.15, -0.1) is 0 Å². The molecule has 2 aromatic heterocycles. The van der Waals surface area contributed by atoms with Crippen LogP contribution in [0.25, 0.3) is 16.9 Å². The Morgan fingerprint density at radius 1 is 0.917 bits per heavy atom. The fraction of sp³-hybridized carbons (Fsp3) is 0.294. The smallest absolute Gasteiger partial charge is 0.219 e. The number of aromatic nitrogens is 3. The molecule has 0 amide bonds. The van der Waals surface area contributed by atoms with Gasteiger partial charge in [0.2, 0.25) is 11.6 Å². The first-order valence-electron chi connectivity index (χ1n) is 7.35. The Morgan fingerprint density at radius 3 is 2.08 bits per heavy atom. The van der Waals surface area contributed by atoms with Crippen LogP contribution in [-0.2, 0) is 0 Å². The average Bonchev–Trinajstić information content (AvgIpc) is 2.89. The molecule has 3 aromatic rings. The lowest BCUT2D eigenvalue weighted by atomic mass is 10.1. The van der Waals surface area contributed by atoms with E-state index in [1.54, 1.807) is 38.9 Å². The van der Waals surface area contributed by atoms with E-state index in [2.05, 4.69) is 9.97 Å². The lowest BCUT2D eigenvalue weighted by molar-refractivity contribution is 0.324. The number of nitrogens with zero attached hydrogens (tertiary/aromatic N) is 3. The normalized spacial score (nSPS) is 10.9. The summed E-state index contributed by atoms with van der Waals surface area (Å²) in [5.74, 6) is 1.70. The van der Waals surface area contributed by atoms with Crippen molar-refractivity contribution in [3.05, 3.63) is 29.7 Å². The number of hydrogen-bond acceptors (Lipinski definition) is 6. The van der Waals surface area contributed by atoms with Crippen molar-refractivity contribution in [2.24, 2.45) is 0 Å². The second kappa shape index (κ2) is 5.92. The molecule has 0 bridgehead atoms. The molecule has 0 saturated heterocycles. The maximum Gasteiger partial charge on any atom is 0.219 e. The number of imidazole rings is 1. The first kappa shape index (κ1) is 15.9. The summed E-state index contributed by atoms with van der Waals surface area (Å²) in [5, 5.41) is 10.2. The number of hydrogen-bond donors (Lipinski definition) is 1. The van der Waals surface area contributed by atoms with E-state index in [0.717, 1.165) is 5.56 Å². The fourth-order valence-electron chi connectivity index (χ4n) is 2.66. The zero-order valence-corrected chi connectivity index (χ0v) is 14.2. The monoisotopic (exact) mass is 329 g/mol. The van der Waals surface area contributed by atoms with Gasteiger partial charge in [0, 0.05) is 11.8 Å². The van der Waals surface area contributed by atoms with Gasteiger partial charge in [0.1, 0.15) is 5.69 Å². The summed E-state index contributed by atoms with van der Waals surface area (Å²) >= 11 is 0. The number of benzene rings is 1. The van der Waals surface area contributed by atoms with Gasteiger partial charge in [0.25, 0.3) is 0 Å². The number of methoxy groups -OCH3 is 3. The summed E-state index contributed by atoms with van der Waals surface area (Å²) < 4.78 is 17.7. The Hall–Kier alpha value is -2.96. The van der Waals surface area contributed by atoms with E-state index in [9.17, 15) is 5.11 Å². The molecular formula is C17H19N3O4. The fourth-order valence-corrected chi connectivity index (χ4v) is 2.66. The van der Waals surface area contributed by atoms with Crippen molar-refractivity contribution in [2.75, 3.05) is 21.3 Å². The highest BCUT2D eigenvalue weighted by Gasteiger charge is 2.17. The predicted molar refractivity (Wildman–Crippen MR) is 89.2 cm³/mol. The first-order valence-corrected chi connectivity index (χ1v) is 7.35. The largest absolute Gasteiger partial charge is 0.493 e. The van der Waals surface area contributed by atoms with Crippen LogP contribution in [0.15, 0.2) is 18.3 Å². The predicted octanol–water partition coefficient (Wildman–Crippen LogP) is 2.74. The Balaban J connectivity index is 2.25. The van der Waals surface area contributed by atoms with Crippen molar-refractivity contribution in [1.82, 2.24) is 14.4 Å². The van der Waals surface area contributed by atoms with E-state index in [1.807, 2.05) is 19.1 Å². The highest BCUT2D eigenvalue weighted by atomic mass is 16.5. The van der Waals surface area contributed by atoms with Gasteiger partial charge in [-0.2, -0.15) is 0 Å². The molecule has 0 fully saturated rings. The quantitative estimate of drug-likeness (QED) is 0.793. The van der Waals surface area contributed by atoms with Crippen molar-refractivity contribution in [3.8, 4) is 34.4 Å². The molecule has 126 valence electrons. The van der Waals surface area contributed by atoms with Gasteiger partial charge in [-0.3, -0.25) is 4.40 Å². The third kappa shape index (κ3) is 2.38. The summed E-state index contributed by atoms with van der Waals surface area (Å²) in [7, 11) is 4.68. The van der Waals surface area contributed by atoms with Crippen LogP contribution in [0.1, 0.15) is 11.4 Å². The Kier molecular flexibility index (Phi) is 3.92. The van der Waals surface area contributed by atoms with Gasteiger partial charge < -0.3 is 19.3 Å². The Morgan fingerprint density at radius 2 is 1.54 bits per heavy atom. The number of fused-ring (bicyclic) bond motifs is 1. The number of rotatable bonds is 4. The number of aromatic hydroxyl groups is 1. The molecule has 0 aliphatic carbocycles. The van der Waals surface area contributed by atoms with E-state index in [1.165, 1.54) is 0 Å². The highest BCUT2D eigenvalue weighted by Crippen LogP contribution is 2.41. The van der Waals surface area contributed by atoms with Gasteiger partial charge in [-0.1, -0.05) is 0 Å². The van der Waals surface area contributed by atoms with Crippen molar-refractivity contribution >= 4 is 5.65 Å². The topological polar surface area (TPSA) is 78.1 Å². The molecule has 3 rings (SSSR count). The van der Waals surface area contributed by atoms with Crippen LogP contribution in [-0.4, -0.2) is 40.8 Å². The Labute approximate surface area is 139 Å². The van der Waals surface area contributed by atoms with Crippen LogP contribution in [0.3, 0.4) is 0 Å². The molecule has 0 atom stereocenters. The highest BCUT2D eigenvalue weighted by molar-refractivity contribution is 5.69. The van der Waals surface area contributed by atoms with E-state index >= 15 is 0 Å². The molecular weight excluding hydrogens is 310 g/mol. The van der Waals surface area contributed by atoms with E-state index < -0.39 is 0 Å². The minimum absolute atomic E-state index is 0.101. The second-order valence-corrected chi connectivity index (χ2v) is 5.34. The third-order valence-electron chi connectivity index (χ3n) is 3.88. The van der Waals surface area contributed by atoms with Crippen LogP contribution in [0.5, 0.6) is 23.1 Å². The van der Waals surface area contributed by atoms with E-state index in [-0.39, 0.29) is 5.88 Å². The summed E-state index contributed by atoms with van der Waals surface area (Å²) in [6.07, 6.45) is 1.73. The van der Waals surface area contributed by atoms with Gasteiger partial charge in [0.05, 0.1) is 32.7 Å². The lowest BCUT2D eigenvalue weighted by Gasteiger charge is -2.14. The van der Waals surface area contributed by atoms with Crippen LogP contribution >= 0.6 is 0 Å². The van der Waals surface area contributed by atoms with Gasteiger partial charge in [0.15, 0.2) is 17.1 Å².